The molecule has 2 aromatic heterocycles. The summed E-state index contributed by atoms with van der Waals surface area (Å²) in [5.41, 5.74) is 0.639. The summed E-state index contributed by atoms with van der Waals surface area (Å²) in [6, 6.07) is 1.63. The number of imidazole rings is 1. The van der Waals surface area contributed by atoms with Crippen LogP contribution in [-0.4, -0.2) is 25.4 Å². The molecule has 5 nitrogen and oxygen atoms in total. The maximum Gasteiger partial charge on any atom is 0.356 e. The first-order valence-corrected chi connectivity index (χ1v) is 3.72. The molecule has 5 heteroatoms. The van der Waals surface area contributed by atoms with Gasteiger partial charge in [0.25, 0.3) is 0 Å². The van der Waals surface area contributed by atoms with E-state index in [9.17, 15) is 4.79 Å². The third-order valence-electron chi connectivity index (χ3n) is 1.83. The molecule has 0 aliphatic heterocycles. The second-order valence-corrected chi connectivity index (χ2v) is 2.65. The van der Waals surface area contributed by atoms with Gasteiger partial charge in [0.05, 0.1) is 5.52 Å². The van der Waals surface area contributed by atoms with Gasteiger partial charge in [0.2, 0.25) is 0 Å². The number of nitrogens with zero attached hydrogens (tertiary/aromatic N) is 3. The lowest BCUT2D eigenvalue weighted by Crippen LogP contribution is -1.97. The number of aromatic carboxylic acids is 1. The highest BCUT2D eigenvalue weighted by Gasteiger charge is 2.13. The van der Waals surface area contributed by atoms with Crippen molar-refractivity contribution in [2.45, 2.75) is 6.92 Å². The van der Waals surface area contributed by atoms with Crippen molar-refractivity contribution in [1.29, 1.82) is 0 Å². The molecule has 2 aromatic rings. The minimum Gasteiger partial charge on any atom is -0.476 e. The lowest BCUT2D eigenvalue weighted by atomic mass is 10.4. The van der Waals surface area contributed by atoms with Crippen LogP contribution >= 0.6 is 0 Å². The highest BCUT2D eigenvalue weighted by molar-refractivity contribution is 5.93. The van der Waals surface area contributed by atoms with Gasteiger partial charge in [0.1, 0.15) is 12.2 Å². The number of hydrogen-bond donors (Lipinski definition) is 1. The predicted molar refractivity (Wildman–Crippen MR) is 44.7 cm³/mol. The molecule has 1 N–H and O–H groups in total. The number of aryl methyl sites for hydroxylation is 1. The van der Waals surface area contributed by atoms with Crippen LogP contribution in [0.25, 0.3) is 5.52 Å². The van der Waals surface area contributed by atoms with Crippen molar-refractivity contribution in [3.8, 4) is 0 Å². The van der Waals surface area contributed by atoms with E-state index in [2.05, 4.69) is 9.97 Å². The lowest BCUT2D eigenvalue weighted by Gasteiger charge is -1.92. The number of rotatable bonds is 1. The van der Waals surface area contributed by atoms with Crippen molar-refractivity contribution in [1.82, 2.24) is 14.4 Å². The van der Waals surface area contributed by atoms with Gasteiger partial charge in [-0.1, -0.05) is 0 Å². The molecule has 0 atom stereocenters. The Balaban J connectivity index is 2.85. The SMILES string of the molecule is Cc1nc(C(=O)O)c2ccncn12. The molecule has 0 radical (unpaired) electrons. The zero-order chi connectivity index (χ0) is 9.42. The van der Waals surface area contributed by atoms with E-state index in [1.165, 1.54) is 0 Å². The fraction of sp³-hybridized carbons (Fsp3) is 0.125. The van der Waals surface area contributed by atoms with Crippen molar-refractivity contribution >= 4 is 11.5 Å². The molecular formula is C8H7N3O2. The molecule has 13 heavy (non-hydrogen) atoms. The first-order chi connectivity index (χ1) is 6.20. The summed E-state index contributed by atoms with van der Waals surface area (Å²) >= 11 is 0. The van der Waals surface area contributed by atoms with Gasteiger partial charge in [-0.25, -0.2) is 14.8 Å². The normalized spacial score (nSPS) is 10.5. The van der Waals surface area contributed by atoms with Crippen LogP contribution in [0.15, 0.2) is 18.6 Å². The van der Waals surface area contributed by atoms with Crippen molar-refractivity contribution in [3.05, 3.63) is 30.1 Å². The molecule has 0 aromatic carbocycles. The van der Waals surface area contributed by atoms with Crippen LogP contribution in [0.5, 0.6) is 0 Å². The molecule has 0 aliphatic rings. The molecule has 0 fully saturated rings. The van der Waals surface area contributed by atoms with E-state index in [4.69, 9.17) is 5.11 Å². The summed E-state index contributed by atoms with van der Waals surface area (Å²) in [5.74, 6) is -0.391. The number of hydrogen-bond acceptors (Lipinski definition) is 3. The summed E-state index contributed by atoms with van der Waals surface area (Å²) in [6.45, 7) is 1.74. The molecule has 0 unspecified atom stereocenters. The Bertz CT molecular complexity index is 475. The summed E-state index contributed by atoms with van der Waals surface area (Å²) < 4.78 is 1.64. The second kappa shape index (κ2) is 2.55. The number of carboxylic acid groups (broad SMARTS) is 1. The molecule has 2 heterocycles. The van der Waals surface area contributed by atoms with Gasteiger partial charge in [-0.05, 0) is 13.0 Å². The summed E-state index contributed by atoms with van der Waals surface area (Å²) in [6.07, 6.45) is 3.09. The fourth-order valence-electron chi connectivity index (χ4n) is 1.24. The van der Waals surface area contributed by atoms with Crippen LogP contribution in [0.3, 0.4) is 0 Å². The first kappa shape index (κ1) is 7.72. The van der Waals surface area contributed by atoms with E-state index in [1.54, 1.807) is 29.9 Å². The predicted octanol–water partition coefficient (Wildman–Crippen LogP) is 0.736. The van der Waals surface area contributed by atoms with E-state index < -0.39 is 5.97 Å². The maximum absolute atomic E-state index is 10.7. The van der Waals surface area contributed by atoms with Crippen LogP contribution in [0.2, 0.25) is 0 Å². The van der Waals surface area contributed by atoms with Crippen LogP contribution in [0.4, 0.5) is 0 Å². The second-order valence-electron chi connectivity index (χ2n) is 2.65. The quantitative estimate of drug-likeness (QED) is 0.697. The molecule has 0 aliphatic carbocycles. The van der Waals surface area contributed by atoms with Crippen molar-refractivity contribution < 1.29 is 9.90 Å². The Labute approximate surface area is 73.7 Å². The minimum atomic E-state index is -1.02. The highest BCUT2D eigenvalue weighted by Crippen LogP contribution is 2.10. The van der Waals surface area contributed by atoms with Gasteiger partial charge in [0, 0.05) is 6.20 Å². The Hall–Kier alpha value is -1.91. The van der Waals surface area contributed by atoms with Crippen LogP contribution in [0.1, 0.15) is 16.3 Å². The van der Waals surface area contributed by atoms with E-state index >= 15 is 0 Å². The van der Waals surface area contributed by atoms with Gasteiger partial charge in [-0.2, -0.15) is 0 Å². The van der Waals surface area contributed by atoms with Crippen molar-refractivity contribution in [2.75, 3.05) is 0 Å². The fourth-order valence-corrected chi connectivity index (χ4v) is 1.24. The van der Waals surface area contributed by atoms with Crippen LogP contribution in [-0.2, 0) is 0 Å². The van der Waals surface area contributed by atoms with Gasteiger partial charge < -0.3 is 5.11 Å². The standard InChI is InChI=1S/C8H7N3O2/c1-5-10-7(8(12)13)6-2-3-9-4-11(5)6/h2-4H,1H3,(H,12,13). The Morgan fingerprint density at radius 3 is 3.08 bits per heavy atom. The molecule has 2 rings (SSSR count). The highest BCUT2D eigenvalue weighted by atomic mass is 16.4. The van der Waals surface area contributed by atoms with Gasteiger partial charge in [0.15, 0.2) is 5.69 Å². The number of aromatic nitrogens is 3. The molecule has 0 saturated heterocycles. The number of carboxylic acids is 1. The molecular weight excluding hydrogens is 170 g/mol. The largest absolute Gasteiger partial charge is 0.476 e. The molecule has 0 spiro atoms. The number of carbonyl (C=O) groups is 1. The van der Waals surface area contributed by atoms with Crippen LogP contribution in [0, 0.1) is 6.92 Å². The third kappa shape index (κ3) is 1.05. The molecule has 0 amide bonds. The maximum atomic E-state index is 10.7. The van der Waals surface area contributed by atoms with Crippen LogP contribution < -0.4 is 0 Å². The van der Waals surface area contributed by atoms with Gasteiger partial charge >= 0.3 is 5.97 Å². The Morgan fingerprint density at radius 1 is 1.62 bits per heavy atom. The zero-order valence-electron chi connectivity index (χ0n) is 6.93. The smallest absolute Gasteiger partial charge is 0.356 e. The van der Waals surface area contributed by atoms with Gasteiger partial charge in [-0.15, -0.1) is 0 Å². The van der Waals surface area contributed by atoms with E-state index in [1.807, 2.05) is 0 Å². The lowest BCUT2D eigenvalue weighted by molar-refractivity contribution is 0.0693. The summed E-state index contributed by atoms with van der Waals surface area (Å²) in [4.78, 5) is 18.5. The summed E-state index contributed by atoms with van der Waals surface area (Å²) in [7, 11) is 0. The third-order valence-corrected chi connectivity index (χ3v) is 1.83. The zero-order valence-corrected chi connectivity index (χ0v) is 6.93. The number of fused-ring (bicyclic) bond motifs is 1. The van der Waals surface area contributed by atoms with E-state index in [-0.39, 0.29) is 5.69 Å². The van der Waals surface area contributed by atoms with Gasteiger partial charge in [-0.3, -0.25) is 4.40 Å². The summed E-state index contributed by atoms with van der Waals surface area (Å²) in [5, 5.41) is 8.80. The average Bonchev–Trinajstić information content (AvgIpc) is 2.45. The average molecular weight is 177 g/mol. The Morgan fingerprint density at radius 2 is 2.38 bits per heavy atom. The van der Waals surface area contributed by atoms with Crippen molar-refractivity contribution in [3.63, 3.8) is 0 Å². The molecule has 66 valence electrons. The van der Waals surface area contributed by atoms with E-state index in [0.717, 1.165) is 0 Å². The minimum absolute atomic E-state index is 0.0694. The molecule has 0 bridgehead atoms. The monoisotopic (exact) mass is 177 g/mol. The van der Waals surface area contributed by atoms with E-state index in [0.29, 0.717) is 11.3 Å². The molecule has 0 saturated carbocycles. The Kier molecular flexibility index (Phi) is 1.51. The van der Waals surface area contributed by atoms with Crippen molar-refractivity contribution in [2.24, 2.45) is 0 Å². The topological polar surface area (TPSA) is 67.5 Å². The first-order valence-electron chi connectivity index (χ1n) is 3.72.